The van der Waals surface area contributed by atoms with Gasteiger partial charge in [0.05, 0.1) is 13.2 Å². The molecule has 0 unspecified atom stereocenters. The summed E-state index contributed by atoms with van der Waals surface area (Å²) in [6.45, 7) is 8.52. The first-order chi connectivity index (χ1) is 4.06. The number of nitrogens with two attached hydrogens (primary N) is 1. The van der Waals surface area contributed by atoms with Gasteiger partial charge in [-0.2, -0.15) is 0 Å². The lowest BCUT2D eigenvalue weighted by molar-refractivity contribution is 0.0765. The first-order valence-electron chi connectivity index (χ1n) is 3.34. The van der Waals surface area contributed by atoms with E-state index in [-0.39, 0.29) is 5.41 Å². The molecule has 9 heavy (non-hydrogen) atoms. The quantitative estimate of drug-likeness (QED) is 0.580. The van der Waals surface area contributed by atoms with Crippen LogP contribution in [0.25, 0.3) is 0 Å². The second kappa shape index (κ2) is 3.85. The van der Waals surface area contributed by atoms with E-state index in [4.69, 9.17) is 10.5 Å². The van der Waals surface area contributed by atoms with Crippen LogP contribution in [0.1, 0.15) is 20.8 Å². The highest BCUT2D eigenvalue weighted by molar-refractivity contribution is 4.58. The Morgan fingerprint density at radius 2 is 1.89 bits per heavy atom. The molecule has 0 rings (SSSR count). The molecule has 0 radical (unpaired) electrons. The number of hydrogen-bond acceptors (Lipinski definition) is 2. The maximum absolute atomic E-state index is 5.23. The summed E-state index contributed by atoms with van der Waals surface area (Å²) in [7, 11) is 0. The molecule has 0 atom stereocenters. The van der Waals surface area contributed by atoms with Crippen molar-refractivity contribution in [2.45, 2.75) is 20.8 Å². The van der Waals surface area contributed by atoms with Crippen molar-refractivity contribution in [2.24, 2.45) is 11.1 Å². The van der Waals surface area contributed by atoms with E-state index in [1.807, 2.05) is 0 Å². The third-order valence-corrected chi connectivity index (χ3v) is 0.797. The van der Waals surface area contributed by atoms with E-state index >= 15 is 0 Å². The van der Waals surface area contributed by atoms with Gasteiger partial charge in [0.1, 0.15) is 0 Å². The van der Waals surface area contributed by atoms with Crippen LogP contribution in [0.2, 0.25) is 0 Å². The average Bonchev–Trinajstić information content (AvgIpc) is 1.63. The van der Waals surface area contributed by atoms with Crippen molar-refractivity contribution in [3.8, 4) is 0 Å². The summed E-state index contributed by atoms with van der Waals surface area (Å²) < 4.78 is 5.22. The van der Waals surface area contributed by atoms with Crippen molar-refractivity contribution >= 4 is 0 Å². The fourth-order valence-electron chi connectivity index (χ4n) is 0.462. The average molecular weight is 131 g/mol. The standard InChI is InChI=1S/C7H17NO/c1-7(2,3)6-9-5-4-8/h4-6,8H2,1-3H3. The van der Waals surface area contributed by atoms with E-state index in [1.54, 1.807) is 0 Å². The summed E-state index contributed by atoms with van der Waals surface area (Å²) in [5.41, 5.74) is 5.51. The molecule has 0 aliphatic rings. The van der Waals surface area contributed by atoms with Gasteiger partial charge in [-0.05, 0) is 5.41 Å². The van der Waals surface area contributed by atoms with Crippen LogP contribution in [0.4, 0.5) is 0 Å². The first-order valence-corrected chi connectivity index (χ1v) is 3.34. The normalized spacial score (nSPS) is 12.0. The highest BCUT2D eigenvalue weighted by atomic mass is 16.5. The second-order valence-corrected chi connectivity index (χ2v) is 3.40. The predicted octanol–water partition coefficient (Wildman–Crippen LogP) is 1.01. The van der Waals surface area contributed by atoms with Gasteiger partial charge in [-0.15, -0.1) is 0 Å². The summed E-state index contributed by atoms with van der Waals surface area (Å²) in [5, 5.41) is 0. The number of ether oxygens (including phenoxy) is 1. The molecule has 0 aromatic heterocycles. The lowest BCUT2D eigenvalue weighted by Gasteiger charge is -2.17. The molecule has 0 amide bonds. The molecule has 2 heteroatoms. The SMILES string of the molecule is CC(C)(C)COCCN. The molecule has 2 nitrogen and oxygen atoms in total. The summed E-state index contributed by atoms with van der Waals surface area (Å²) >= 11 is 0. The Hall–Kier alpha value is -0.0800. The van der Waals surface area contributed by atoms with Crippen molar-refractivity contribution in [1.82, 2.24) is 0 Å². The van der Waals surface area contributed by atoms with Gasteiger partial charge >= 0.3 is 0 Å². The largest absolute Gasteiger partial charge is 0.380 e. The maximum Gasteiger partial charge on any atom is 0.0588 e. The zero-order chi connectivity index (χ0) is 7.33. The Bertz CT molecular complexity index is 65.8. The van der Waals surface area contributed by atoms with E-state index in [0.717, 1.165) is 6.61 Å². The molecule has 0 fully saturated rings. The maximum atomic E-state index is 5.23. The summed E-state index contributed by atoms with van der Waals surface area (Å²) in [6, 6.07) is 0. The van der Waals surface area contributed by atoms with Crippen molar-refractivity contribution in [3.63, 3.8) is 0 Å². The van der Waals surface area contributed by atoms with Gasteiger partial charge in [0, 0.05) is 6.54 Å². The Labute approximate surface area is 57.4 Å². The van der Waals surface area contributed by atoms with Gasteiger partial charge in [0.25, 0.3) is 0 Å². The van der Waals surface area contributed by atoms with E-state index in [1.165, 1.54) is 0 Å². The van der Waals surface area contributed by atoms with Gasteiger partial charge < -0.3 is 10.5 Å². The number of rotatable bonds is 3. The van der Waals surface area contributed by atoms with E-state index < -0.39 is 0 Å². The van der Waals surface area contributed by atoms with E-state index in [9.17, 15) is 0 Å². The Morgan fingerprint density at radius 3 is 2.22 bits per heavy atom. The summed E-state index contributed by atoms with van der Waals surface area (Å²) in [4.78, 5) is 0. The van der Waals surface area contributed by atoms with Crippen LogP contribution in [0, 0.1) is 5.41 Å². The van der Waals surface area contributed by atoms with Gasteiger partial charge in [0.15, 0.2) is 0 Å². The zero-order valence-corrected chi connectivity index (χ0v) is 6.61. The molecule has 0 saturated carbocycles. The van der Waals surface area contributed by atoms with Crippen molar-refractivity contribution in [3.05, 3.63) is 0 Å². The molecular formula is C7H17NO. The molecule has 0 aliphatic heterocycles. The fourth-order valence-corrected chi connectivity index (χ4v) is 0.462. The zero-order valence-electron chi connectivity index (χ0n) is 6.61. The van der Waals surface area contributed by atoms with Crippen LogP contribution in [-0.4, -0.2) is 19.8 Å². The smallest absolute Gasteiger partial charge is 0.0588 e. The Balaban J connectivity index is 3.07. The third-order valence-electron chi connectivity index (χ3n) is 0.797. The first kappa shape index (κ1) is 8.92. The molecule has 0 aromatic carbocycles. The van der Waals surface area contributed by atoms with Gasteiger partial charge in [-0.25, -0.2) is 0 Å². The minimum absolute atomic E-state index is 0.273. The van der Waals surface area contributed by atoms with Crippen LogP contribution < -0.4 is 5.73 Å². The predicted molar refractivity (Wildman–Crippen MR) is 39.3 cm³/mol. The fraction of sp³-hybridized carbons (Fsp3) is 1.00. The van der Waals surface area contributed by atoms with Gasteiger partial charge in [-0.1, -0.05) is 20.8 Å². The lowest BCUT2D eigenvalue weighted by Crippen LogP contribution is -2.18. The molecule has 0 aliphatic carbocycles. The number of hydrogen-bond donors (Lipinski definition) is 1. The second-order valence-electron chi connectivity index (χ2n) is 3.40. The van der Waals surface area contributed by atoms with Crippen molar-refractivity contribution in [2.75, 3.05) is 19.8 Å². The molecule has 0 spiro atoms. The van der Waals surface area contributed by atoms with Crippen LogP contribution in [0.5, 0.6) is 0 Å². The van der Waals surface area contributed by atoms with Gasteiger partial charge in [0.2, 0.25) is 0 Å². The molecule has 56 valence electrons. The minimum atomic E-state index is 0.273. The van der Waals surface area contributed by atoms with Crippen LogP contribution in [0.15, 0.2) is 0 Å². The highest BCUT2D eigenvalue weighted by Crippen LogP contribution is 2.12. The molecule has 0 bridgehead atoms. The van der Waals surface area contributed by atoms with Crippen LogP contribution in [0.3, 0.4) is 0 Å². The monoisotopic (exact) mass is 131 g/mol. The third kappa shape index (κ3) is 7.92. The molecule has 2 N–H and O–H groups in total. The molecule has 0 saturated heterocycles. The lowest BCUT2D eigenvalue weighted by atomic mass is 9.99. The highest BCUT2D eigenvalue weighted by Gasteiger charge is 2.08. The molecule has 0 aromatic rings. The van der Waals surface area contributed by atoms with Crippen LogP contribution in [-0.2, 0) is 4.74 Å². The van der Waals surface area contributed by atoms with E-state index in [0.29, 0.717) is 13.2 Å². The van der Waals surface area contributed by atoms with Gasteiger partial charge in [-0.3, -0.25) is 0 Å². The van der Waals surface area contributed by atoms with E-state index in [2.05, 4.69) is 20.8 Å². The van der Waals surface area contributed by atoms with Crippen molar-refractivity contribution in [1.29, 1.82) is 0 Å². The Morgan fingerprint density at radius 1 is 1.33 bits per heavy atom. The molecule has 0 heterocycles. The van der Waals surface area contributed by atoms with Crippen LogP contribution >= 0.6 is 0 Å². The summed E-state index contributed by atoms with van der Waals surface area (Å²) in [6.07, 6.45) is 0. The minimum Gasteiger partial charge on any atom is -0.380 e. The van der Waals surface area contributed by atoms with Crippen molar-refractivity contribution < 1.29 is 4.74 Å². The summed E-state index contributed by atoms with van der Waals surface area (Å²) in [5.74, 6) is 0. The topological polar surface area (TPSA) is 35.2 Å². The Kier molecular flexibility index (Phi) is 3.82. The molecular weight excluding hydrogens is 114 g/mol.